The van der Waals surface area contributed by atoms with Gasteiger partial charge in [0.05, 0.1) is 0 Å². The molecule has 0 bridgehead atoms. The Hall–Kier alpha value is -6.90. The Kier molecular flexibility index (Phi) is 7.98. The van der Waals surface area contributed by atoms with Crippen LogP contribution in [0, 0.1) is 0 Å². The summed E-state index contributed by atoms with van der Waals surface area (Å²) < 4.78 is 0. The largest absolute Gasteiger partial charge is 0.310 e. The average molecular weight is 797 g/mol. The van der Waals surface area contributed by atoms with Gasteiger partial charge in [-0.2, -0.15) is 0 Å². The van der Waals surface area contributed by atoms with Crippen molar-refractivity contribution in [3.8, 4) is 22.3 Å². The highest BCUT2D eigenvalue weighted by atomic mass is 15.2. The highest BCUT2D eigenvalue weighted by molar-refractivity contribution is 5.93. The second-order valence-corrected chi connectivity index (χ2v) is 18.4. The van der Waals surface area contributed by atoms with Gasteiger partial charge >= 0.3 is 0 Å². The van der Waals surface area contributed by atoms with Crippen molar-refractivity contribution in [3.05, 3.63) is 216 Å². The zero-order valence-corrected chi connectivity index (χ0v) is 35.0. The van der Waals surface area contributed by atoms with Crippen LogP contribution in [-0.4, -0.2) is 0 Å². The second kappa shape index (κ2) is 13.8. The Balaban J connectivity index is 0.963. The molecule has 2 fully saturated rings. The minimum absolute atomic E-state index is 0.0928. The van der Waals surface area contributed by atoms with Crippen LogP contribution >= 0.6 is 0 Å². The molecule has 0 amide bonds. The van der Waals surface area contributed by atoms with Crippen molar-refractivity contribution < 1.29 is 0 Å². The summed E-state index contributed by atoms with van der Waals surface area (Å²) in [6.45, 7) is 0. The number of hydrogen-bond donors (Lipinski definition) is 0. The van der Waals surface area contributed by atoms with Crippen LogP contribution in [0.2, 0.25) is 0 Å². The molecule has 0 unspecified atom stereocenters. The van der Waals surface area contributed by atoms with E-state index >= 15 is 0 Å². The van der Waals surface area contributed by atoms with Gasteiger partial charge in [0.25, 0.3) is 0 Å². The topological polar surface area (TPSA) is 6.48 Å². The van der Waals surface area contributed by atoms with Crippen molar-refractivity contribution >= 4 is 55.7 Å². The van der Waals surface area contributed by atoms with Gasteiger partial charge in [-0.1, -0.05) is 147 Å². The molecule has 9 aromatic rings. The summed E-state index contributed by atoms with van der Waals surface area (Å²) in [5.41, 5.74) is 18.9. The smallest absolute Gasteiger partial charge is 0.0468 e. The van der Waals surface area contributed by atoms with Crippen molar-refractivity contribution in [2.24, 2.45) is 0 Å². The predicted octanol–water partition coefficient (Wildman–Crippen LogP) is 16.6. The summed E-state index contributed by atoms with van der Waals surface area (Å²) in [7, 11) is 0. The first-order valence-electron chi connectivity index (χ1n) is 22.8. The van der Waals surface area contributed by atoms with E-state index in [0.717, 1.165) is 11.4 Å². The molecule has 0 aromatic heterocycles. The molecule has 298 valence electrons. The quantitative estimate of drug-likeness (QED) is 0.165. The van der Waals surface area contributed by atoms with Gasteiger partial charge in [-0.3, -0.25) is 0 Å². The lowest BCUT2D eigenvalue weighted by atomic mass is 9.76. The Morgan fingerprint density at radius 2 is 0.581 bits per heavy atom. The molecule has 0 saturated heterocycles. The van der Waals surface area contributed by atoms with Gasteiger partial charge in [-0.05, 0) is 165 Å². The first kappa shape index (κ1) is 35.8. The maximum absolute atomic E-state index is 2.53. The summed E-state index contributed by atoms with van der Waals surface area (Å²) in [5, 5.41) is 5.00. The molecule has 2 heteroatoms. The van der Waals surface area contributed by atoms with E-state index in [1.165, 1.54) is 140 Å². The van der Waals surface area contributed by atoms with Crippen molar-refractivity contribution in [1.29, 1.82) is 0 Å². The van der Waals surface area contributed by atoms with Crippen LogP contribution < -0.4 is 9.80 Å². The van der Waals surface area contributed by atoms with Crippen LogP contribution in [0.25, 0.3) is 43.8 Å². The zero-order chi connectivity index (χ0) is 40.8. The molecule has 0 atom stereocenters. The van der Waals surface area contributed by atoms with E-state index in [1.807, 2.05) is 0 Å². The summed E-state index contributed by atoms with van der Waals surface area (Å²) in [6, 6.07) is 73.7. The average Bonchev–Trinajstić information content (AvgIpc) is 4.14. The Morgan fingerprint density at radius 1 is 0.258 bits per heavy atom. The molecule has 2 spiro atoms. The van der Waals surface area contributed by atoms with Gasteiger partial charge < -0.3 is 9.80 Å². The van der Waals surface area contributed by atoms with E-state index in [2.05, 4.69) is 204 Å². The Labute approximate surface area is 364 Å². The van der Waals surface area contributed by atoms with Crippen molar-refractivity contribution in [2.75, 3.05) is 9.80 Å². The standard InChI is InChI=1S/C60H48N2/c1-3-15-43-37-47(23-21-41(43)13-1)61(49-29-31-53-51-17-5-7-19-55(51)59(57(53)39-49)33-9-10-34-59)45-25-27-46(28-26-45)62(48-24-22-42-14-2-4-16-44(42)38-48)50-30-32-54-52-18-6-8-20-56(52)60(58(54)40-50)35-11-12-36-60/h1-8,13-32,37-40H,9-12,33-36H2. The molecule has 13 rings (SSSR count). The number of nitrogens with zero attached hydrogens (tertiary/aromatic N) is 2. The van der Waals surface area contributed by atoms with Gasteiger partial charge in [-0.25, -0.2) is 0 Å². The van der Waals surface area contributed by atoms with Crippen molar-refractivity contribution in [1.82, 2.24) is 0 Å². The zero-order valence-electron chi connectivity index (χ0n) is 35.0. The molecular formula is C60H48N2. The fourth-order valence-corrected chi connectivity index (χ4v) is 12.5. The minimum atomic E-state index is 0.0928. The molecule has 0 radical (unpaired) electrons. The van der Waals surface area contributed by atoms with Gasteiger partial charge in [0.15, 0.2) is 0 Å². The van der Waals surface area contributed by atoms with Crippen LogP contribution in [0.4, 0.5) is 34.1 Å². The number of anilines is 6. The maximum atomic E-state index is 2.53. The monoisotopic (exact) mass is 796 g/mol. The molecule has 2 nitrogen and oxygen atoms in total. The van der Waals surface area contributed by atoms with Gasteiger partial charge in [0.2, 0.25) is 0 Å². The van der Waals surface area contributed by atoms with E-state index in [0.29, 0.717) is 0 Å². The second-order valence-electron chi connectivity index (χ2n) is 18.4. The maximum Gasteiger partial charge on any atom is 0.0468 e. The number of fused-ring (bicyclic) bond motifs is 12. The summed E-state index contributed by atoms with van der Waals surface area (Å²) in [5.74, 6) is 0. The van der Waals surface area contributed by atoms with E-state index in [-0.39, 0.29) is 10.8 Å². The van der Waals surface area contributed by atoms with E-state index < -0.39 is 0 Å². The molecule has 9 aromatic carbocycles. The number of hydrogen-bond acceptors (Lipinski definition) is 2. The summed E-state index contributed by atoms with van der Waals surface area (Å²) in [4.78, 5) is 4.97. The fraction of sp³-hybridized carbons (Fsp3) is 0.167. The van der Waals surface area contributed by atoms with Gasteiger partial charge in [0.1, 0.15) is 0 Å². The molecule has 62 heavy (non-hydrogen) atoms. The SMILES string of the molecule is c1ccc2c(c1)-c1ccc(N(c3ccc(N(c4ccc5c(c4)C4(CCCC4)c4ccccc4-5)c4ccc5ccccc5c4)cc3)c3ccc4ccccc4c3)cc1C21CCCC1. The Morgan fingerprint density at radius 3 is 1.02 bits per heavy atom. The lowest BCUT2D eigenvalue weighted by Gasteiger charge is -2.31. The molecule has 0 aliphatic heterocycles. The molecule has 4 aliphatic rings. The third-order valence-electron chi connectivity index (χ3n) is 15.3. The molecule has 0 N–H and O–H groups in total. The molecule has 0 heterocycles. The third kappa shape index (κ3) is 5.29. The van der Waals surface area contributed by atoms with Gasteiger partial charge in [-0.15, -0.1) is 0 Å². The lowest BCUT2D eigenvalue weighted by Crippen LogP contribution is -2.21. The normalized spacial score (nSPS) is 16.1. The van der Waals surface area contributed by atoms with Gasteiger partial charge in [0, 0.05) is 45.0 Å². The number of benzene rings is 9. The summed E-state index contributed by atoms with van der Waals surface area (Å²) in [6.07, 6.45) is 9.97. The van der Waals surface area contributed by atoms with Crippen LogP contribution in [0.3, 0.4) is 0 Å². The predicted molar refractivity (Wildman–Crippen MR) is 260 cm³/mol. The fourth-order valence-electron chi connectivity index (χ4n) is 12.5. The van der Waals surface area contributed by atoms with Crippen LogP contribution in [0.15, 0.2) is 194 Å². The number of rotatable bonds is 6. The van der Waals surface area contributed by atoms with Crippen LogP contribution in [0.5, 0.6) is 0 Å². The third-order valence-corrected chi connectivity index (χ3v) is 15.3. The Bertz CT molecular complexity index is 3000. The van der Waals surface area contributed by atoms with E-state index in [1.54, 1.807) is 0 Å². The van der Waals surface area contributed by atoms with E-state index in [4.69, 9.17) is 0 Å². The summed E-state index contributed by atoms with van der Waals surface area (Å²) >= 11 is 0. The molecule has 4 aliphatic carbocycles. The van der Waals surface area contributed by atoms with E-state index in [9.17, 15) is 0 Å². The molecule has 2 saturated carbocycles. The lowest BCUT2D eigenvalue weighted by molar-refractivity contribution is 0.550. The first-order valence-corrected chi connectivity index (χ1v) is 22.8. The van der Waals surface area contributed by atoms with Crippen LogP contribution in [0.1, 0.15) is 73.6 Å². The highest BCUT2D eigenvalue weighted by Gasteiger charge is 2.46. The highest BCUT2D eigenvalue weighted by Crippen LogP contribution is 2.59. The van der Waals surface area contributed by atoms with Crippen molar-refractivity contribution in [2.45, 2.75) is 62.2 Å². The minimum Gasteiger partial charge on any atom is -0.310 e. The first-order chi connectivity index (χ1) is 30.7. The van der Waals surface area contributed by atoms with Crippen LogP contribution in [-0.2, 0) is 10.8 Å². The van der Waals surface area contributed by atoms with Crippen molar-refractivity contribution in [3.63, 3.8) is 0 Å². The molecular weight excluding hydrogens is 749 g/mol.